The van der Waals surface area contributed by atoms with Crippen molar-refractivity contribution in [1.82, 2.24) is 9.88 Å². The van der Waals surface area contributed by atoms with Gasteiger partial charge in [0, 0.05) is 18.9 Å². The second kappa shape index (κ2) is 5.43. The predicted molar refractivity (Wildman–Crippen MR) is 74.4 cm³/mol. The van der Waals surface area contributed by atoms with Crippen LogP contribution in [0.1, 0.15) is 39.3 Å². The molecule has 1 aromatic rings. The van der Waals surface area contributed by atoms with E-state index in [1.54, 1.807) is 11.1 Å². The van der Waals surface area contributed by atoms with Gasteiger partial charge in [-0.1, -0.05) is 6.07 Å². The fourth-order valence-electron chi connectivity index (χ4n) is 1.97. The Balaban J connectivity index is 2.14. The van der Waals surface area contributed by atoms with Gasteiger partial charge in [0.05, 0.1) is 5.69 Å². The smallest absolute Gasteiger partial charge is 0.414 e. The van der Waals surface area contributed by atoms with E-state index in [9.17, 15) is 4.79 Å². The zero-order valence-corrected chi connectivity index (χ0v) is 11.7. The van der Waals surface area contributed by atoms with Crippen molar-refractivity contribution in [1.29, 1.82) is 0 Å². The molecule has 0 aromatic carbocycles. The number of pyridine rings is 1. The van der Waals surface area contributed by atoms with Crippen LogP contribution in [0, 0.1) is 0 Å². The van der Waals surface area contributed by atoms with E-state index in [1.165, 1.54) is 0 Å². The molecule has 0 saturated heterocycles. The zero-order chi connectivity index (χ0) is 13.9. The van der Waals surface area contributed by atoms with E-state index in [0.29, 0.717) is 6.54 Å². The van der Waals surface area contributed by atoms with Crippen LogP contribution in [0.15, 0.2) is 30.6 Å². The van der Waals surface area contributed by atoms with E-state index in [-0.39, 0.29) is 6.09 Å². The molecule has 0 radical (unpaired) electrons. The third-order valence-corrected chi connectivity index (χ3v) is 2.78. The van der Waals surface area contributed by atoms with Crippen LogP contribution in [0.25, 0.3) is 5.57 Å². The molecule has 19 heavy (non-hydrogen) atoms. The predicted octanol–water partition coefficient (Wildman–Crippen LogP) is 3.45. The third kappa shape index (κ3) is 3.81. The maximum atomic E-state index is 12.0. The highest BCUT2D eigenvalue weighted by atomic mass is 16.6. The van der Waals surface area contributed by atoms with Gasteiger partial charge in [-0.2, -0.15) is 0 Å². The van der Waals surface area contributed by atoms with Crippen LogP contribution < -0.4 is 0 Å². The Morgan fingerprint density at radius 2 is 2.16 bits per heavy atom. The lowest BCUT2D eigenvalue weighted by molar-refractivity contribution is 0.0329. The Labute approximate surface area is 114 Å². The molecule has 2 rings (SSSR count). The van der Waals surface area contributed by atoms with Crippen LogP contribution >= 0.6 is 0 Å². The van der Waals surface area contributed by atoms with Gasteiger partial charge < -0.3 is 4.74 Å². The Kier molecular flexibility index (Phi) is 3.88. The van der Waals surface area contributed by atoms with E-state index in [2.05, 4.69) is 4.98 Å². The third-order valence-electron chi connectivity index (χ3n) is 2.78. The molecule has 1 aliphatic heterocycles. The lowest BCUT2D eigenvalue weighted by Crippen LogP contribution is -2.35. The topological polar surface area (TPSA) is 42.4 Å². The molecule has 0 aliphatic carbocycles. The first-order chi connectivity index (χ1) is 8.96. The van der Waals surface area contributed by atoms with Crippen molar-refractivity contribution in [3.05, 3.63) is 36.3 Å². The quantitative estimate of drug-likeness (QED) is 0.776. The summed E-state index contributed by atoms with van der Waals surface area (Å²) in [7, 11) is 0. The van der Waals surface area contributed by atoms with Gasteiger partial charge in [-0.05, 0) is 51.3 Å². The van der Waals surface area contributed by atoms with Gasteiger partial charge in [0.1, 0.15) is 5.60 Å². The molecule has 4 heteroatoms. The molecule has 0 spiro atoms. The van der Waals surface area contributed by atoms with Gasteiger partial charge in [-0.3, -0.25) is 9.88 Å². The van der Waals surface area contributed by atoms with Gasteiger partial charge in [0.15, 0.2) is 0 Å². The number of rotatable bonds is 1. The number of ether oxygens (including phenoxy) is 1. The van der Waals surface area contributed by atoms with Crippen LogP contribution in [0.4, 0.5) is 4.79 Å². The summed E-state index contributed by atoms with van der Waals surface area (Å²) in [5, 5.41) is 0. The summed E-state index contributed by atoms with van der Waals surface area (Å²) in [5.41, 5.74) is 1.54. The summed E-state index contributed by atoms with van der Waals surface area (Å²) in [6, 6.07) is 5.80. The highest BCUT2D eigenvalue weighted by Crippen LogP contribution is 2.24. The SMILES string of the molecule is CC(C)(C)OC(=O)N1C=C(c2ccccn2)CCC1. The zero-order valence-electron chi connectivity index (χ0n) is 11.7. The van der Waals surface area contributed by atoms with E-state index >= 15 is 0 Å². The van der Waals surface area contributed by atoms with Crippen molar-refractivity contribution < 1.29 is 9.53 Å². The van der Waals surface area contributed by atoms with E-state index in [4.69, 9.17) is 4.74 Å². The van der Waals surface area contributed by atoms with Crippen molar-refractivity contribution in [2.75, 3.05) is 6.54 Å². The summed E-state index contributed by atoms with van der Waals surface area (Å²) in [5.74, 6) is 0. The molecule has 2 heterocycles. The van der Waals surface area contributed by atoms with Crippen molar-refractivity contribution in [2.24, 2.45) is 0 Å². The van der Waals surface area contributed by atoms with E-state index in [0.717, 1.165) is 24.1 Å². The molecule has 0 fully saturated rings. The van der Waals surface area contributed by atoms with E-state index < -0.39 is 5.60 Å². The summed E-state index contributed by atoms with van der Waals surface area (Å²) in [6.07, 6.45) is 5.21. The number of carbonyl (C=O) groups is 1. The second-order valence-electron chi connectivity index (χ2n) is 5.65. The molecule has 0 atom stereocenters. The van der Waals surface area contributed by atoms with Crippen LogP contribution in [0.3, 0.4) is 0 Å². The number of nitrogens with zero attached hydrogens (tertiary/aromatic N) is 2. The summed E-state index contributed by atoms with van der Waals surface area (Å²) < 4.78 is 5.38. The van der Waals surface area contributed by atoms with Crippen molar-refractivity contribution >= 4 is 11.7 Å². The maximum Gasteiger partial charge on any atom is 0.414 e. The molecule has 4 nitrogen and oxygen atoms in total. The molecule has 1 aliphatic rings. The van der Waals surface area contributed by atoms with Crippen LogP contribution in [0.2, 0.25) is 0 Å². The largest absolute Gasteiger partial charge is 0.443 e. The average molecular weight is 260 g/mol. The lowest BCUT2D eigenvalue weighted by Gasteiger charge is -2.28. The highest BCUT2D eigenvalue weighted by molar-refractivity contribution is 5.74. The monoisotopic (exact) mass is 260 g/mol. The highest BCUT2D eigenvalue weighted by Gasteiger charge is 2.23. The first-order valence-corrected chi connectivity index (χ1v) is 6.57. The molecule has 0 bridgehead atoms. The Morgan fingerprint density at radius 1 is 1.37 bits per heavy atom. The Bertz CT molecular complexity index is 475. The van der Waals surface area contributed by atoms with Gasteiger partial charge in [0.25, 0.3) is 0 Å². The number of amides is 1. The average Bonchev–Trinajstić information content (AvgIpc) is 2.38. The van der Waals surface area contributed by atoms with E-state index in [1.807, 2.05) is 45.2 Å². The number of hydrogen-bond donors (Lipinski definition) is 0. The summed E-state index contributed by atoms with van der Waals surface area (Å²) in [6.45, 7) is 6.32. The molecular formula is C15H20N2O2. The fraction of sp³-hybridized carbons (Fsp3) is 0.467. The number of allylic oxidation sites excluding steroid dienone is 1. The summed E-state index contributed by atoms with van der Waals surface area (Å²) in [4.78, 5) is 18.0. The van der Waals surface area contributed by atoms with Gasteiger partial charge in [-0.25, -0.2) is 4.79 Å². The minimum Gasteiger partial charge on any atom is -0.443 e. The summed E-state index contributed by atoms with van der Waals surface area (Å²) >= 11 is 0. The first-order valence-electron chi connectivity index (χ1n) is 6.57. The Morgan fingerprint density at radius 3 is 2.79 bits per heavy atom. The van der Waals surface area contributed by atoms with Crippen LogP contribution in [-0.4, -0.2) is 28.1 Å². The van der Waals surface area contributed by atoms with Crippen molar-refractivity contribution in [3.8, 4) is 0 Å². The van der Waals surface area contributed by atoms with Crippen molar-refractivity contribution in [2.45, 2.75) is 39.2 Å². The molecular weight excluding hydrogens is 240 g/mol. The first kappa shape index (κ1) is 13.6. The minimum absolute atomic E-state index is 0.291. The van der Waals surface area contributed by atoms with Crippen molar-refractivity contribution in [3.63, 3.8) is 0 Å². The molecule has 0 unspecified atom stereocenters. The second-order valence-corrected chi connectivity index (χ2v) is 5.65. The number of carbonyl (C=O) groups excluding carboxylic acids is 1. The number of hydrogen-bond acceptors (Lipinski definition) is 3. The van der Waals surface area contributed by atoms with Crippen LogP contribution in [0.5, 0.6) is 0 Å². The molecule has 0 saturated carbocycles. The molecule has 1 amide bonds. The minimum atomic E-state index is -0.465. The van der Waals surface area contributed by atoms with Gasteiger partial charge in [0.2, 0.25) is 0 Å². The fourth-order valence-corrected chi connectivity index (χ4v) is 1.97. The molecule has 1 aromatic heterocycles. The Hall–Kier alpha value is -1.84. The van der Waals surface area contributed by atoms with Gasteiger partial charge in [-0.15, -0.1) is 0 Å². The lowest BCUT2D eigenvalue weighted by atomic mass is 10.0. The maximum absolute atomic E-state index is 12.0. The van der Waals surface area contributed by atoms with Gasteiger partial charge >= 0.3 is 6.09 Å². The van der Waals surface area contributed by atoms with Crippen LogP contribution in [-0.2, 0) is 4.74 Å². The standard InChI is InChI=1S/C15H20N2O2/c1-15(2,3)19-14(18)17-10-6-7-12(11-17)13-8-4-5-9-16-13/h4-5,8-9,11H,6-7,10H2,1-3H3. The normalized spacial score (nSPS) is 15.9. The molecule has 102 valence electrons. The number of aromatic nitrogens is 1. The molecule has 0 N–H and O–H groups in total.